The van der Waals surface area contributed by atoms with E-state index in [2.05, 4.69) is 22.0 Å². The van der Waals surface area contributed by atoms with Gasteiger partial charge in [-0.15, -0.1) is 10.2 Å². The highest BCUT2D eigenvalue weighted by Gasteiger charge is 2.36. The molecular weight excluding hydrogens is 324 g/mol. The largest absolute Gasteiger partial charge is 0.469 e. The zero-order valence-electron chi connectivity index (χ0n) is 14.0. The smallest absolute Gasteiger partial charge is 0.294 e. The molecular formula is C17H22N4O2S. The van der Waals surface area contributed by atoms with Gasteiger partial charge in [-0.1, -0.05) is 36.5 Å². The third-order valence-corrected chi connectivity index (χ3v) is 4.97. The Kier molecular flexibility index (Phi) is 5.42. The molecule has 3 rings (SSSR count). The number of hydrogen-bond donors (Lipinski definition) is 0. The van der Waals surface area contributed by atoms with Crippen molar-refractivity contribution in [3.05, 3.63) is 35.3 Å². The zero-order chi connectivity index (χ0) is 16.9. The summed E-state index contributed by atoms with van der Waals surface area (Å²) in [6, 6.07) is 9.75. The maximum absolute atomic E-state index is 12.8. The predicted molar refractivity (Wildman–Crippen MR) is 94.4 cm³/mol. The number of carbonyl (C=O) groups excluding carboxylic acids is 1. The van der Waals surface area contributed by atoms with Crippen LogP contribution in [0.4, 0.5) is 5.69 Å². The van der Waals surface area contributed by atoms with Crippen LogP contribution in [0.1, 0.15) is 25.3 Å². The van der Waals surface area contributed by atoms with Gasteiger partial charge in [0.1, 0.15) is 5.01 Å². The number of carbonyl (C=O) groups is 1. The van der Waals surface area contributed by atoms with Crippen LogP contribution in [0.5, 0.6) is 5.19 Å². The van der Waals surface area contributed by atoms with Crippen molar-refractivity contribution in [2.45, 2.75) is 32.9 Å². The first-order chi connectivity index (χ1) is 11.7. The number of para-hydroxylation sites is 1. The minimum atomic E-state index is -0.102. The fraction of sp³-hybridized carbons (Fsp3) is 0.471. The van der Waals surface area contributed by atoms with Gasteiger partial charge in [0.15, 0.2) is 0 Å². The maximum atomic E-state index is 12.8. The van der Waals surface area contributed by atoms with E-state index in [-0.39, 0.29) is 11.9 Å². The summed E-state index contributed by atoms with van der Waals surface area (Å²) in [5, 5.41) is 9.67. The molecule has 2 aromatic rings. The first-order valence-corrected chi connectivity index (χ1v) is 9.10. The van der Waals surface area contributed by atoms with Crippen molar-refractivity contribution in [1.29, 1.82) is 0 Å². The lowest BCUT2D eigenvalue weighted by molar-refractivity contribution is -0.121. The van der Waals surface area contributed by atoms with Crippen LogP contribution < -0.4 is 9.64 Å². The number of aromatic nitrogens is 2. The minimum Gasteiger partial charge on any atom is -0.469 e. The Morgan fingerprint density at radius 3 is 2.79 bits per heavy atom. The molecule has 1 fully saturated rings. The number of likely N-dealkylation sites (N-methyl/N-ethyl adjacent to an activating group) is 1. The summed E-state index contributed by atoms with van der Waals surface area (Å²) in [5.74, 6) is 0.164. The van der Waals surface area contributed by atoms with Gasteiger partial charge < -0.3 is 9.64 Å². The highest BCUT2D eigenvalue weighted by atomic mass is 32.1. The second kappa shape index (κ2) is 7.72. The standard InChI is InChI=1S/C17H22N4O2S/c1-3-20(12-15-18-19-17(24-15)23-4-2)14-10-11-21(16(14)22)13-8-6-5-7-9-13/h5-9,14H,3-4,10-12H2,1-2H3/t14-/m1/s1. The topological polar surface area (TPSA) is 58.6 Å². The fourth-order valence-electron chi connectivity index (χ4n) is 2.97. The minimum absolute atomic E-state index is 0.102. The summed E-state index contributed by atoms with van der Waals surface area (Å²) >= 11 is 1.45. The zero-order valence-corrected chi connectivity index (χ0v) is 14.8. The lowest BCUT2D eigenvalue weighted by atomic mass is 10.2. The summed E-state index contributed by atoms with van der Waals surface area (Å²) in [6.45, 7) is 6.75. The number of benzene rings is 1. The van der Waals surface area contributed by atoms with Crippen LogP contribution in [0.15, 0.2) is 30.3 Å². The van der Waals surface area contributed by atoms with Crippen molar-refractivity contribution < 1.29 is 9.53 Å². The normalized spacial score (nSPS) is 17.7. The third kappa shape index (κ3) is 3.57. The van der Waals surface area contributed by atoms with E-state index in [9.17, 15) is 4.79 Å². The van der Waals surface area contributed by atoms with E-state index in [1.54, 1.807) is 0 Å². The molecule has 1 saturated heterocycles. The molecule has 0 unspecified atom stereocenters. The molecule has 1 aromatic carbocycles. The molecule has 0 radical (unpaired) electrons. The predicted octanol–water partition coefficient (Wildman–Crippen LogP) is 2.56. The van der Waals surface area contributed by atoms with Crippen LogP contribution in [0.3, 0.4) is 0 Å². The van der Waals surface area contributed by atoms with Gasteiger partial charge in [-0.25, -0.2) is 0 Å². The van der Waals surface area contributed by atoms with Gasteiger partial charge in [-0.3, -0.25) is 9.69 Å². The molecule has 128 valence electrons. The van der Waals surface area contributed by atoms with E-state index in [0.717, 1.165) is 30.2 Å². The van der Waals surface area contributed by atoms with E-state index in [0.29, 0.717) is 18.3 Å². The number of amides is 1. The van der Waals surface area contributed by atoms with Crippen molar-refractivity contribution in [1.82, 2.24) is 15.1 Å². The molecule has 0 bridgehead atoms. The average Bonchev–Trinajstić information content (AvgIpc) is 3.20. The van der Waals surface area contributed by atoms with Gasteiger partial charge in [-0.2, -0.15) is 0 Å². The monoisotopic (exact) mass is 346 g/mol. The molecule has 0 saturated carbocycles. The van der Waals surface area contributed by atoms with Crippen molar-refractivity contribution in [3.63, 3.8) is 0 Å². The first kappa shape index (κ1) is 16.9. The van der Waals surface area contributed by atoms with Gasteiger partial charge in [0.25, 0.3) is 5.19 Å². The molecule has 6 nitrogen and oxygen atoms in total. The van der Waals surface area contributed by atoms with Gasteiger partial charge in [0.2, 0.25) is 5.91 Å². The van der Waals surface area contributed by atoms with E-state index in [1.165, 1.54) is 11.3 Å². The van der Waals surface area contributed by atoms with Gasteiger partial charge in [-0.05, 0) is 32.0 Å². The Balaban J connectivity index is 1.68. The Labute approximate surface area is 146 Å². The number of nitrogens with zero attached hydrogens (tertiary/aromatic N) is 4. The summed E-state index contributed by atoms with van der Waals surface area (Å²) in [6.07, 6.45) is 0.832. The van der Waals surface area contributed by atoms with Crippen LogP contribution in [0.25, 0.3) is 0 Å². The molecule has 1 aromatic heterocycles. The van der Waals surface area contributed by atoms with Crippen LogP contribution in [-0.4, -0.2) is 46.7 Å². The quantitative estimate of drug-likeness (QED) is 0.771. The second-order valence-corrected chi connectivity index (χ2v) is 6.61. The van der Waals surface area contributed by atoms with Gasteiger partial charge in [0.05, 0.1) is 19.2 Å². The average molecular weight is 346 g/mol. The summed E-state index contributed by atoms with van der Waals surface area (Å²) in [5.41, 5.74) is 0.968. The molecule has 0 N–H and O–H groups in total. The SMILES string of the molecule is CCOc1nnc(CN(CC)[C@@H]2CCN(c3ccccc3)C2=O)s1. The molecule has 0 spiro atoms. The number of anilines is 1. The van der Waals surface area contributed by atoms with Crippen LogP contribution >= 0.6 is 11.3 Å². The second-order valence-electron chi connectivity index (χ2n) is 5.59. The van der Waals surface area contributed by atoms with Gasteiger partial charge >= 0.3 is 0 Å². The van der Waals surface area contributed by atoms with E-state index in [4.69, 9.17) is 4.74 Å². The molecule has 7 heteroatoms. The Morgan fingerprint density at radius 1 is 1.29 bits per heavy atom. The van der Waals surface area contributed by atoms with Crippen molar-refractivity contribution in [2.24, 2.45) is 0 Å². The van der Waals surface area contributed by atoms with Gasteiger partial charge in [0, 0.05) is 12.2 Å². The fourth-order valence-corrected chi connectivity index (χ4v) is 3.74. The maximum Gasteiger partial charge on any atom is 0.294 e. The van der Waals surface area contributed by atoms with Crippen molar-refractivity contribution in [2.75, 3.05) is 24.6 Å². The highest BCUT2D eigenvalue weighted by Crippen LogP contribution is 2.26. The molecule has 0 aliphatic carbocycles. The lowest BCUT2D eigenvalue weighted by Gasteiger charge is -2.25. The molecule has 1 amide bonds. The van der Waals surface area contributed by atoms with Crippen molar-refractivity contribution >= 4 is 22.9 Å². The Morgan fingerprint density at radius 2 is 2.08 bits per heavy atom. The number of ether oxygens (including phenoxy) is 1. The molecule has 1 aliphatic heterocycles. The van der Waals surface area contributed by atoms with E-state index < -0.39 is 0 Å². The lowest BCUT2D eigenvalue weighted by Crippen LogP contribution is -2.41. The molecule has 1 aliphatic rings. The van der Waals surface area contributed by atoms with Crippen LogP contribution in [0, 0.1) is 0 Å². The van der Waals surface area contributed by atoms with E-state index >= 15 is 0 Å². The number of rotatable bonds is 7. The first-order valence-electron chi connectivity index (χ1n) is 8.28. The summed E-state index contributed by atoms with van der Waals surface area (Å²) in [4.78, 5) is 16.9. The summed E-state index contributed by atoms with van der Waals surface area (Å²) in [7, 11) is 0. The summed E-state index contributed by atoms with van der Waals surface area (Å²) < 4.78 is 5.37. The van der Waals surface area contributed by atoms with Crippen LogP contribution in [-0.2, 0) is 11.3 Å². The van der Waals surface area contributed by atoms with Crippen LogP contribution in [0.2, 0.25) is 0 Å². The number of hydrogen-bond acceptors (Lipinski definition) is 6. The molecule has 24 heavy (non-hydrogen) atoms. The highest BCUT2D eigenvalue weighted by molar-refractivity contribution is 7.13. The Bertz CT molecular complexity index is 676. The molecule has 2 heterocycles. The third-order valence-electron chi connectivity index (χ3n) is 4.15. The van der Waals surface area contributed by atoms with E-state index in [1.807, 2.05) is 42.2 Å². The Hall–Kier alpha value is -1.99. The molecule has 1 atom stereocenters. The van der Waals surface area contributed by atoms with Crippen molar-refractivity contribution in [3.8, 4) is 5.19 Å².